The van der Waals surface area contributed by atoms with E-state index >= 15 is 0 Å². The number of amides is 3. The highest BCUT2D eigenvalue weighted by atomic mass is 32.2. The second-order valence-corrected chi connectivity index (χ2v) is 10.2. The summed E-state index contributed by atoms with van der Waals surface area (Å²) in [6.45, 7) is 4.48. The van der Waals surface area contributed by atoms with E-state index in [0.717, 1.165) is 16.4 Å². The monoisotopic (exact) mass is 571 g/mol. The number of primary amides is 1. The van der Waals surface area contributed by atoms with Gasteiger partial charge in [0.1, 0.15) is 17.1 Å². The smallest absolute Gasteiger partial charge is 0.352 e. The van der Waals surface area contributed by atoms with Gasteiger partial charge in [-0.25, -0.2) is 9.18 Å². The Balaban J connectivity index is 1.78. The molecule has 1 saturated heterocycles. The zero-order valence-corrected chi connectivity index (χ0v) is 22.3. The van der Waals surface area contributed by atoms with Gasteiger partial charge in [0.05, 0.1) is 19.6 Å². The van der Waals surface area contributed by atoms with Crippen LogP contribution in [0.1, 0.15) is 19.7 Å². The molecule has 3 rings (SSSR count). The number of carbonyl (C=O) groups is 4. The number of carbonyl (C=O) groups excluding carboxylic acids is 3. The normalized spacial score (nSPS) is 19.8. The fourth-order valence-corrected chi connectivity index (χ4v) is 5.86. The first-order valence-corrected chi connectivity index (χ1v) is 13.3. The van der Waals surface area contributed by atoms with Crippen molar-refractivity contribution >= 4 is 57.8 Å². The third kappa shape index (κ3) is 6.11. The maximum absolute atomic E-state index is 13.0. The maximum atomic E-state index is 13.0. The van der Waals surface area contributed by atoms with Gasteiger partial charge in [-0.2, -0.15) is 9.36 Å². The number of likely N-dealkylation sites (N-methyl/N-ethyl adjacent to an activating group) is 1. The Hall–Kier alpha value is -3.57. The molecule has 0 bridgehead atoms. The molecule has 2 aliphatic rings. The number of fused-ring (bicyclic) bond motifs is 1. The molecule has 2 aliphatic heterocycles. The quantitative estimate of drug-likeness (QED) is 0.102. The molecule has 1 aromatic rings. The van der Waals surface area contributed by atoms with Gasteiger partial charge in [0.15, 0.2) is 11.7 Å². The number of hydrogen-bond acceptors (Lipinski definition) is 11. The van der Waals surface area contributed by atoms with E-state index in [4.69, 9.17) is 11.5 Å². The number of oxime groups is 1. The summed E-state index contributed by atoms with van der Waals surface area (Å²) >= 11 is 2.05. The van der Waals surface area contributed by atoms with Crippen LogP contribution in [0.4, 0.5) is 9.52 Å². The number of β-lactam (4-membered cyclic amide) rings is 1. The third-order valence-corrected chi connectivity index (χ3v) is 8.05. The standard InChI is InChI=1S/C21H27FN8O6S2/c1-3-30(4-2,8-12(23)31)7-5-6-11-9-37-19-14(18(33)29(19)15(11)20(34)35)25-17(32)13(27-36-10-22)16-26-21(24)38-28-16/h5-6,14,19H,3-4,7-10H2,1-2H3,(H5-,23,24,25,26,28,31,32,34,35)/p+1/b6-5+,27-13-/t14-,19-/m1/s1. The van der Waals surface area contributed by atoms with Crippen LogP contribution in [0.5, 0.6) is 0 Å². The van der Waals surface area contributed by atoms with Gasteiger partial charge in [0.2, 0.25) is 11.5 Å². The van der Waals surface area contributed by atoms with Gasteiger partial charge in [0.25, 0.3) is 24.6 Å². The number of aliphatic carboxylic acids is 1. The zero-order chi connectivity index (χ0) is 28.0. The lowest BCUT2D eigenvalue weighted by molar-refractivity contribution is -0.911. The van der Waals surface area contributed by atoms with Gasteiger partial charge in [-0.1, -0.05) is 11.2 Å². The van der Waals surface area contributed by atoms with E-state index in [0.29, 0.717) is 29.7 Å². The van der Waals surface area contributed by atoms with Crippen molar-refractivity contribution in [2.45, 2.75) is 25.3 Å². The van der Waals surface area contributed by atoms with Crippen molar-refractivity contribution in [3.05, 3.63) is 29.2 Å². The summed E-state index contributed by atoms with van der Waals surface area (Å²) in [6.07, 6.45) is 3.42. The van der Waals surface area contributed by atoms with E-state index in [1.165, 1.54) is 11.8 Å². The van der Waals surface area contributed by atoms with Gasteiger partial charge >= 0.3 is 5.97 Å². The van der Waals surface area contributed by atoms with Crippen molar-refractivity contribution in [1.82, 2.24) is 19.6 Å². The van der Waals surface area contributed by atoms with Crippen LogP contribution in [0.25, 0.3) is 0 Å². The lowest BCUT2D eigenvalue weighted by Gasteiger charge is -2.49. The van der Waals surface area contributed by atoms with Crippen LogP contribution in [0.3, 0.4) is 0 Å². The number of nitrogens with two attached hydrogens (primary N) is 2. The van der Waals surface area contributed by atoms with Crippen molar-refractivity contribution in [3.63, 3.8) is 0 Å². The second kappa shape index (κ2) is 12.3. The van der Waals surface area contributed by atoms with Crippen LogP contribution in [0, 0.1) is 0 Å². The SMILES string of the molecule is CC[N+](CC)(C/C=C/C1=C(C(=O)O)N2C(=O)[C@@H](NC(=O)/C(=N\OCF)c3nsc(N)n3)[C@H]2SC1)CC(N)=O. The van der Waals surface area contributed by atoms with Gasteiger partial charge < -0.3 is 31.2 Å². The molecule has 14 nitrogen and oxygen atoms in total. The van der Waals surface area contributed by atoms with Crippen molar-refractivity contribution < 1.29 is 38.0 Å². The Morgan fingerprint density at radius 2 is 2.08 bits per heavy atom. The number of rotatable bonds is 13. The number of nitrogen functional groups attached to an aromatic ring is 1. The first kappa shape index (κ1) is 29.0. The molecule has 2 atom stereocenters. The Morgan fingerprint density at radius 1 is 1.37 bits per heavy atom. The van der Waals surface area contributed by atoms with E-state index in [9.17, 15) is 28.7 Å². The molecule has 0 unspecified atom stereocenters. The number of allylic oxidation sites excluding steroid dienone is 1. The van der Waals surface area contributed by atoms with E-state index < -0.39 is 47.7 Å². The average molecular weight is 572 g/mol. The molecule has 206 valence electrons. The van der Waals surface area contributed by atoms with Crippen LogP contribution in [-0.2, 0) is 24.0 Å². The fraction of sp³-hybridized carbons (Fsp3) is 0.476. The summed E-state index contributed by atoms with van der Waals surface area (Å²) in [5.41, 5.74) is 10.7. The lowest BCUT2D eigenvalue weighted by Crippen LogP contribution is -2.71. The molecule has 0 spiro atoms. The first-order chi connectivity index (χ1) is 18.1. The summed E-state index contributed by atoms with van der Waals surface area (Å²) in [4.78, 5) is 58.7. The Bertz CT molecular complexity index is 1200. The van der Waals surface area contributed by atoms with Crippen LogP contribution in [-0.4, -0.2) is 103 Å². The lowest BCUT2D eigenvalue weighted by atomic mass is 10.0. The number of alkyl halides is 1. The number of aromatic nitrogens is 2. The minimum Gasteiger partial charge on any atom is -0.477 e. The van der Waals surface area contributed by atoms with Crippen LogP contribution in [0.15, 0.2) is 28.6 Å². The number of quaternary nitrogens is 1. The topological polar surface area (TPSA) is 203 Å². The number of halogens is 1. The second-order valence-electron chi connectivity index (χ2n) is 8.36. The largest absolute Gasteiger partial charge is 0.477 e. The molecule has 3 heterocycles. The first-order valence-electron chi connectivity index (χ1n) is 11.4. The molecule has 0 radical (unpaired) electrons. The molecule has 0 aliphatic carbocycles. The number of nitrogens with zero attached hydrogens (tertiary/aromatic N) is 5. The van der Waals surface area contributed by atoms with Crippen LogP contribution >= 0.6 is 23.3 Å². The number of thioether (sulfide) groups is 1. The molecule has 6 N–H and O–H groups in total. The molecule has 38 heavy (non-hydrogen) atoms. The van der Waals surface area contributed by atoms with Gasteiger partial charge in [0, 0.05) is 17.3 Å². The highest BCUT2D eigenvalue weighted by Gasteiger charge is 2.54. The van der Waals surface area contributed by atoms with Crippen molar-refractivity contribution in [3.8, 4) is 0 Å². The molecule has 17 heteroatoms. The Morgan fingerprint density at radius 3 is 2.63 bits per heavy atom. The number of nitrogens with one attached hydrogen (secondary N) is 1. The molecule has 0 aromatic carbocycles. The van der Waals surface area contributed by atoms with Crippen molar-refractivity contribution in [2.75, 3.05) is 44.5 Å². The number of anilines is 1. The van der Waals surface area contributed by atoms with Gasteiger partial charge in [-0.05, 0) is 25.5 Å². The number of hydrogen-bond donors (Lipinski definition) is 4. The summed E-state index contributed by atoms with van der Waals surface area (Å²) in [6, 6.07) is -1.07. The zero-order valence-electron chi connectivity index (χ0n) is 20.6. The Kier molecular flexibility index (Phi) is 9.40. The summed E-state index contributed by atoms with van der Waals surface area (Å²) in [5, 5.41) is 15.1. The van der Waals surface area contributed by atoms with Crippen LogP contribution in [0.2, 0.25) is 0 Å². The molecule has 1 fully saturated rings. The highest BCUT2D eigenvalue weighted by molar-refractivity contribution is 8.00. The van der Waals surface area contributed by atoms with Crippen LogP contribution < -0.4 is 16.8 Å². The minimum atomic E-state index is -1.31. The summed E-state index contributed by atoms with van der Waals surface area (Å²) in [7, 11) is 0. The van der Waals surface area contributed by atoms with Gasteiger partial charge in [-0.15, -0.1) is 11.8 Å². The summed E-state index contributed by atoms with van der Waals surface area (Å²) < 4.78 is 16.7. The summed E-state index contributed by atoms with van der Waals surface area (Å²) in [5.74, 6) is -3.23. The third-order valence-electron chi connectivity index (χ3n) is 6.20. The predicted octanol–water partition coefficient (Wildman–Crippen LogP) is -0.595. The number of carboxylic acids is 1. The molecule has 3 amide bonds. The number of carboxylic acid groups (broad SMARTS) is 1. The van der Waals surface area contributed by atoms with Gasteiger partial charge in [-0.3, -0.25) is 19.3 Å². The molecular weight excluding hydrogens is 543 g/mol. The van der Waals surface area contributed by atoms with Crippen molar-refractivity contribution in [2.24, 2.45) is 10.9 Å². The maximum Gasteiger partial charge on any atom is 0.352 e. The Labute approximate surface area is 225 Å². The predicted molar refractivity (Wildman–Crippen MR) is 137 cm³/mol. The average Bonchev–Trinajstić information content (AvgIpc) is 3.31. The van der Waals surface area contributed by atoms with E-state index in [1.54, 1.807) is 12.2 Å². The molecule has 1 aromatic heterocycles. The van der Waals surface area contributed by atoms with Crippen molar-refractivity contribution in [1.29, 1.82) is 0 Å². The minimum absolute atomic E-state index is 0.0369. The molecule has 0 saturated carbocycles. The highest BCUT2D eigenvalue weighted by Crippen LogP contribution is 2.40. The van der Waals surface area contributed by atoms with E-state index in [1.807, 2.05) is 13.8 Å². The van der Waals surface area contributed by atoms with E-state index in [-0.39, 0.29) is 29.0 Å². The molecular formula is C21H28FN8O6S2+. The fourth-order valence-electron chi connectivity index (χ4n) is 4.10. The van der Waals surface area contributed by atoms with E-state index in [2.05, 4.69) is 24.7 Å².